The van der Waals surface area contributed by atoms with Gasteiger partial charge in [0.05, 0.1) is 5.54 Å². The first-order chi connectivity index (χ1) is 9.25. The average Bonchev–Trinajstić information content (AvgIpc) is 2.70. The molecule has 1 atom stereocenters. The second-order valence-electron chi connectivity index (χ2n) is 6.15. The van der Waals surface area contributed by atoms with Gasteiger partial charge in [0.2, 0.25) is 0 Å². The highest BCUT2D eigenvalue weighted by atomic mass is 15.3. The summed E-state index contributed by atoms with van der Waals surface area (Å²) < 4.78 is 0. The summed E-state index contributed by atoms with van der Waals surface area (Å²) >= 11 is 0. The van der Waals surface area contributed by atoms with Crippen molar-refractivity contribution in [2.45, 2.75) is 31.2 Å². The number of rotatable bonds is 2. The fourth-order valence-corrected chi connectivity index (χ4v) is 3.74. The number of para-hydroxylation sites is 1. The molecule has 3 nitrogen and oxygen atoms in total. The van der Waals surface area contributed by atoms with Crippen LogP contribution < -0.4 is 10.6 Å². The SMILES string of the molecule is CN1CCC(CN)(N2CCCCc3ccccc32)C1. The maximum absolute atomic E-state index is 6.20. The first kappa shape index (κ1) is 12.9. The second kappa shape index (κ2) is 5.14. The Labute approximate surface area is 116 Å². The lowest BCUT2D eigenvalue weighted by atomic mass is 9.94. The molecular weight excluding hydrogens is 234 g/mol. The maximum Gasteiger partial charge on any atom is 0.0662 e. The first-order valence-electron chi connectivity index (χ1n) is 7.49. The summed E-state index contributed by atoms with van der Waals surface area (Å²) in [5.74, 6) is 0. The molecule has 1 fully saturated rings. The number of likely N-dealkylation sites (N-methyl/N-ethyl adjacent to an activating group) is 1. The zero-order valence-electron chi connectivity index (χ0n) is 11.9. The van der Waals surface area contributed by atoms with Crippen LogP contribution in [0.3, 0.4) is 0 Å². The molecule has 2 N–H and O–H groups in total. The lowest BCUT2D eigenvalue weighted by Crippen LogP contribution is -2.56. The number of benzene rings is 1. The van der Waals surface area contributed by atoms with Crippen molar-refractivity contribution in [2.75, 3.05) is 38.1 Å². The highest BCUT2D eigenvalue weighted by Gasteiger charge is 2.41. The molecule has 2 aliphatic heterocycles. The number of nitrogens with two attached hydrogens (primary N) is 1. The van der Waals surface area contributed by atoms with Gasteiger partial charge in [0, 0.05) is 31.9 Å². The maximum atomic E-state index is 6.20. The molecule has 104 valence electrons. The van der Waals surface area contributed by atoms with E-state index in [2.05, 4.69) is 41.1 Å². The molecule has 3 heteroatoms. The lowest BCUT2D eigenvalue weighted by Gasteiger charge is -2.42. The minimum absolute atomic E-state index is 0.148. The molecule has 0 aromatic heterocycles. The van der Waals surface area contributed by atoms with E-state index in [9.17, 15) is 0 Å². The molecular formula is C16H25N3. The normalized spacial score (nSPS) is 28.2. The molecule has 1 unspecified atom stereocenters. The van der Waals surface area contributed by atoms with Gasteiger partial charge >= 0.3 is 0 Å². The number of fused-ring (bicyclic) bond motifs is 1. The van der Waals surface area contributed by atoms with Crippen molar-refractivity contribution in [2.24, 2.45) is 5.73 Å². The van der Waals surface area contributed by atoms with Crippen LogP contribution in [0.4, 0.5) is 5.69 Å². The van der Waals surface area contributed by atoms with E-state index in [1.807, 2.05) is 0 Å². The van der Waals surface area contributed by atoms with Crippen molar-refractivity contribution in [1.82, 2.24) is 4.90 Å². The summed E-state index contributed by atoms with van der Waals surface area (Å²) in [6.45, 7) is 4.17. The summed E-state index contributed by atoms with van der Waals surface area (Å²) in [4.78, 5) is 5.04. The topological polar surface area (TPSA) is 32.5 Å². The van der Waals surface area contributed by atoms with Gasteiger partial charge in [-0.1, -0.05) is 18.2 Å². The van der Waals surface area contributed by atoms with Gasteiger partial charge in [-0.25, -0.2) is 0 Å². The Hall–Kier alpha value is -1.06. The van der Waals surface area contributed by atoms with Crippen molar-refractivity contribution < 1.29 is 0 Å². The Morgan fingerprint density at radius 2 is 2.05 bits per heavy atom. The van der Waals surface area contributed by atoms with Crippen LogP contribution >= 0.6 is 0 Å². The van der Waals surface area contributed by atoms with Gasteiger partial charge in [-0.2, -0.15) is 0 Å². The zero-order chi connectivity index (χ0) is 13.3. The fourth-order valence-electron chi connectivity index (χ4n) is 3.74. The van der Waals surface area contributed by atoms with Gasteiger partial charge in [-0.3, -0.25) is 0 Å². The Balaban J connectivity index is 1.99. The van der Waals surface area contributed by atoms with Gasteiger partial charge < -0.3 is 15.5 Å². The number of hydrogen-bond donors (Lipinski definition) is 1. The number of anilines is 1. The van der Waals surface area contributed by atoms with Crippen molar-refractivity contribution in [3.05, 3.63) is 29.8 Å². The van der Waals surface area contributed by atoms with Crippen molar-refractivity contribution in [3.8, 4) is 0 Å². The molecule has 0 radical (unpaired) electrons. The molecule has 2 aliphatic rings. The zero-order valence-corrected chi connectivity index (χ0v) is 11.9. The summed E-state index contributed by atoms with van der Waals surface area (Å²) in [6.07, 6.45) is 4.97. The third kappa shape index (κ3) is 2.26. The van der Waals surface area contributed by atoms with Gasteiger partial charge in [-0.05, 0) is 44.4 Å². The van der Waals surface area contributed by atoms with Crippen LogP contribution in [0, 0.1) is 0 Å². The highest BCUT2D eigenvalue weighted by molar-refractivity contribution is 5.57. The van der Waals surface area contributed by atoms with Crippen LogP contribution in [-0.4, -0.2) is 43.7 Å². The quantitative estimate of drug-likeness (QED) is 0.880. The molecule has 1 aromatic carbocycles. The van der Waals surface area contributed by atoms with E-state index in [4.69, 9.17) is 5.73 Å². The molecule has 1 aromatic rings. The smallest absolute Gasteiger partial charge is 0.0662 e. The molecule has 0 saturated carbocycles. The molecule has 1 saturated heterocycles. The van der Waals surface area contributed by atoms with Crippen LogP contribution in [0.2, 0.25) is 0 Å². The minimum atomic E-state index is 0.148. The van der Waals surface area contributed by atoms with E-state index in [0.717, 1.165) is 26.2 Å². The van der Waals surface area contributed by atoms with Crippen LogP contribution in [0.1, 0.15) is 24.8 Å². The van der Waals surface area contributed by atoms with E-state index in [-0.39, 0.29) is 5.54 Å². The van der Waals surface area contributed by atoms with Gasteiger partial charge in [0.1, 0.15) is 0 Å². The average molecular weight is 259 g/mol. The number of nitrogens with zero attached hydrogens (tertiary/aromatic N) is 2. The highest BCUT2D eigenvalue weighted by Crippen LogP contribution is 2.35. The predicted octanol–water partition coefficient (Wildman–Crippen LogP) is 1.86. The van der Waals surface area contributed by atoms with Crippen molar-refractivity contribution in [3.63, 3.8) is 0 Å². The number of aryl methyl sites for hydroxylation is 1. The third-order valence-corrected chi connectivity index (χ3v) is 4.84. The number of likely N-dealkylation sites (tertiary alicyclic amines) is 1. The van der Waals surface area contributed by atoms with Gasteiger partial charge in [0.25, 0.3) is 0 Å². The Bertz CT molecular complexity index is 445. The summed E-state index contributed by atoms with van der Waals surface area (Å²) in [6, 6.07) is 8.91. The minimum Gasteiger partial charge on any atom is -0.363 e. The monoisotopic (exact) mass is 259 g/mol. The van der Waals surface area contributed by atoms with E-state index in [1.54, 1.807) is 0 Å². The Morgan fingerprint density at radius 1 is 1.21 bits per heavy atom. The molecule has 0 spiro atoms. The molecule has 0 aliphatic carbocycles. The van der Waals surface area contributed by atoms with Crippen LogP contribution in [-0.2, 0) is 6.42 Å². The molecule has 0 bridgehead atoms. The van der Waals surface area contributed by atoms with E-state index in [1.165, 1.54) is 36.9 Å². The molecule has 0 amide bonds. The van der Waals surface area contributed by atoms with Crippen LogP contribution in [0.25, 0.3) is 0 Å². The van der Waals surface area contributed by atoms with Crippen molar-refractivity contribution in [1.29, 1.82) is 0 Å². The molecule has 2 heterocycles. The summed E-state index contributed by atoms with van der Waals surface area (Å²) in [7, 11) is 2.21. The summed E-state index contributed by atoms with van der Waals surface area (Å²) in [5, 5.41) is 0. The standard InChI is InChI=1S/C16H25N3/c1-18-11-9-16(12-17,13-18)19-10-5-4-7-14-6-2-3-8-15(14)19/h2-3,6,8H,4-5,7,9-13,17H2,1H3. The van der Waals surface area contributed by atoms with Gasteiger partial charge in [-0.15, -0.1) is 0 Å². The predicted molar refractivity (Wildman–Crippen MR) is 80.6 cm³/mol. The second-order valence-corrected chi connectivity index (χ2v) is 6.15. The molecule has 19 heavy (non-hydrogen) atoms. The molecule has 3 rings (SSSR count). The summed E-state index contributed by atoms with van der Waals surface area (Å²) in [5.41, 5.74) is 9.28. The van der Waals surface area contributed by atoms with Crippen molar-refractivity contribution >= 4 is 5.69 Å². The Morgan fingerprint density at radius 3 is 2.79 bits per heavy atom. The fraction of sp³-hybridized carbons (Fsp3) is 0.625. The van der Waals surface area contributed by atoms with Crippen LogP contribution in [0.5, 0.6) is 0 Å². The van der Waals surface area contributed by atoms with E-state index in [0.29, 0.717) is 0 Å². The largest absolute Gasteiger partial charge is 0.363 e. The third-order valence-electron chi connectivity index (χ3n) is 4.84. The van der Waals surface area contributed by atoms with E-state index < -0.39 is 0 Å². The van der Waals surface area contributed by atoms with Gasteiger partial charge in [0.15, 0.2) is 0 Å². The lowest BCUT2D eigenvalue weighted by molar-refractivity contribution is 0.354. The Kier molecular flexibility index (Phi) is 3.50. The van der Waals surface area contributed by atoms with E-state index >= 15 is 0 Å². The van der Waals surface area contributed by atoms with Crippen LogP contribution in [0.15, 0.2) is 24.3 Å². The first-order valence-corrected chi connectivity index (χ1v) is 7.49. The number of hydrogen-bond acceptors (Lipinski definition) is 3.